The molecule has 0 bridgehead atoms. The number of amides is 1. The predicted molar refractivity (Wildman–Crippen MR) is 116 cm³/mol. The van der Waals surface area contributed by atoms with Crippen LogP contribution in [0.3, 0.4) is 0 Å². The Morgan fingerprint density at radius 1 is 1.07 bits per heavy atom. The number of para-hydroxylation sites is 2. The molecule has 30 heavy (non-hydrogen) atoms. The number of nitrogens with zero attached hydrogens (tertiary/aromatic N) is 3. The highest BCUT2D eigenvalue weighted by Gasteiger charge is 2.19. The Hall–Kier alpha value is -3.79. The van der Waals surface area contributed by atoms with E-state index < -0.39 is 5.91 Å². The minimum Gasteiger partial charge on any atom is -0.495 e. The van der Waals surface area contributed by atoms with Crippen molar-refractivity contribution in [1.29, 1.82) is 5.26 Å². The number of ketones is 1. The second-order valence-electron chi connectivity index (χ2n) is 6.94. The fourth-order valence-corrected chi connectivity index (χ4v) is 3.29. The Bertz CT molecular complexity index is 984. The number of hydrogen-bond donors (Lipinski definition) is 1. The minimum absolute atomic E-state index is 0.0383. The first kappa shape index (κ1) is 20.9. The molecule has 0 unspecified atom stereocenters. The molecule has 1 amide bonds. The van der Waals surface area contributed by atoms with Gasteiger partial charge in [0.25, 0.3) is 5.91 Å². The van der Waals surface area contributed by atoms with E-state index in [0.717, 1.165) is 24.5 Å². The fraction of sp³-hybridized carbons (Fsp3) is 0.261. The molecule has 0 saturated carbocycles. The number of rotatable bonds is 6. The molecule has 7 heteroatoms. The molecule has 2 aromatic carbocycles. The number of anilines is 2. The normalized spacial score (nSPS) is 14.1. The second kappa shape index (κ2) is 9.61. The maximum atomic E-state index is 12.5. The summed E-state index contributed by atoms with van der Waals surface area (Å²) in [5.41, 5.74) is 2.18. The molecule has 1 aliphatic rings. The maximum Gasteiger partial charge on any atom is 0.267 e. The van der Waals surface area contributed by atoms with Crippen molar-refractivity contribution in [2.24, 2.45) is 0 Å². The van der Waals surface area contributed by atoms with Gasteiger partial charge in [0.1, 0.15) is 17.4 Å². The number of Topliss-reactive ketones (excluding diaryl/α,β-unsaturated/α-hetero) is 1. The Kier molecular flexibility index (Phi) is 6.71. The third kappa shape index (κ3) is 4.97. The number of piperazine rings is 1. The summed E-state index contributed by atoms with van der Waals surface area (Å²) in [6.07, 6.45) is 1.61. The van der Waals surface area contributed by atoms with Crippen LogP contribution in [0.5, 0.6) is 5.75 Å². The first-order chi connectivity index (χ1) is 14.5. The summed E-state index contributed by atoms with van der Waals surface area (Å²) >= 11 is 0. The number of carbonyl (C=O) groups excluding carboxylic acids is 2. The van der Waals surface area contributed by atoms with Crippen molar-refractivity contribution in [1.82, 2.24) is 4.90 Å². The standard InChI is InChI=1S/C23H24N4O3/c1-17(28)18-7-9-20(10-8-18)25-23(29)19(15-24)16-26-11-13-27(14-12-26)21-5-3-4-6-22(21)30-2/h3-10,16H,11-14H2,1-2H3,(H,25,29)/b19-16-. The third-order valence-corrected chi connectivity index (χ3v) is 4.97. The summed E-state index contributed by atoms with van der Waals surface area (Å²) in [6.45, 7) is 4.36. The highest BCUT2D eigenvalue weighted by molar-refractivity contribution is 6.06. The van der Waals surface area contributed by atoms with E-state index in [9.17, 15) is 14.9 Å². The molecule has 1 fully saturated rings. The minimum atomic E-state index is -0.472. The molecule has 0 spiro atoms. The molecule has 1 aliphatic heterocycles. The van der Waals surface area contributed by atoms with Crippen LogP contribution in [0.2, 0.25) is 0 Å². The van der Waals surface area contributed by atoms with Crippen molar-refractivity contribution in [2.45, 2.75) is 6.92 Å². The molecular formula is C23H24N4O3. The Morgan fingerprint density at radius 3 is 2.33 bits per heavy atom. The number of nitrogens with one attached hydrogen (secondary N) is 1. The van der Waals surface area contributed by atoms with Gasteiger partial charge in [-0.2, -0.15) is 5.26 Å². The van der Waals surface area contributed by atoms with Crippen LogP contribution >= 0.6 is 0 Å². The van der Waals surface area contributed by atoms with E-state index in [1.165, 1.54) is 6.92 Å². The van der Waals surface area contributed by atoms with Gasteiger partial charge in [0.05, 0.1) is 12.8 Å². The van der Waals surface area contributed by atoms with Gasteiger partial charge >= 0.3 is 0 Å². The van der Waals surface area contributed by atoms with Crippen molar-refractivity contribution in [3.05, 3.63) is 65.9 Å². The van der Waals surface area contributed by atoms with Gasteiger partial charge in [-0.05, 0) is 43.3 Å². The SMILES string of the molecule is COc1ccccc1N1CCN(/C=C(/C#N)C(=O)Nc2ccc(C(C)=O)cc2)CC1. The fourth-order valence-electron chi connectivity index (χ4n) is 3.29. The Labute approximate surface area is 176 Å². The summed E-state index contributed by atoms with van der Waals surface area (Å²) in [5, 5.41) is 12.1. The molecule has 154 valence electrons. The molecule has 1 saturated heterocycles. The molecule has 7 nitrogen and oxygen atoms in total. The van der Waals surface area contributed by atoms with Crippen LogP contribution in [0, 0.1) is 11.3 Å². The molecule has 0 aliphatic carbocycles. The molecule has 0 radical (unpaired) electrons. The van der Waals surface area contributed by atoms with Crippen LogP contribution in [0.25, 0.3) is 0 Å². The molecule has 2 aromatic rings. The highest BCUT2D eigenvalue weighted by atomic mass is 16.5. The van der Waals surface area contributed by atoms with Crippen LogP contribution < -0.4 is 15.0 Å². The van der Waals surface area contributed by atoms with Gasteiger partial charge < -0.3 is 19.9 Å². The summed E-state index contributed by atoms with van der Waals surface area (Å²) in [7, 11) is 1.66. The van der Waals surface area contributed by atoms with Crippen molar-refractivity contribution in [3.63, 3.8) is 0 Å². The van der Waals surface area contributed by atoms with E-state index in [2.05, 4.69) is 10.2 Å². The maximum absolute atomic E-state index is 12.5. The number of benzene rings is 2. The molecule has 3 rings (SSSR count). The zero-order valence-electron chi connectivity index (χ0n) is 17.1. The van der Waals surface area contributed by atoms with Gasteiger partial charge in [-0.25, -0.2) is 0 Å². The van der Waals surface area contributed by atoms with Gasteiger partial charge in [0.2, 0.25) is 0 Å². The average Bonchev–Trinajstić information content (AvgIpc) is 2.78. The van der Waals surface area contributed by atoms with Crippen LogP contribution in [0.15, 0.2) is 60.3 Å². The first-order valence-electron chi connectivity index (χ1n) is 9.68. The number of ether oxygens (including phenoxy) is 1. The topological polar surface area (TPSA) is 85.7 Å². The van der Waals surface area contributed by atoms with Gasteiger partial charge in [-0.15, -0.1) is 0 Å². The summed E-state index contributed by atoms with van der Waals surface area (Å²) in [4.78, 5) is 28.0. The van der Waals surface area contributed by atoms with E-state index in [4.69, 9.17) is 4.74 Å². The predicted octanol–water partition coefficient (Wildman–Crippen LogP) is 3.07. The smallest absolute Gasteiger partial charge is 0.267 e. The lowest BCUT2D eigenvalue weighted by atomic mass is 10.1. The number of hydrogen-bond acceptors (Lipinski definition) is 6. The van der Waals surface area contributed by atoms with E-state index in [1.807, 2.05) is 35.2 Å². The van der Waals surface area contributed by atoms with E-state index >= 15 is 0 Å². The summed E-state index contributed by atoms with van der Waals surface area (Å²) in [5.74, 6) is 0.312. The van der Waals surface area contributed by atoms with Gasteiger partial charge in [0, 0.05) is 43.6 Å². The number of carbonyl (C=O) groups is 2. The van der Waals surface area contributed by atoms with E-state index in [1.54, 1.807) is 37.6 Å². The summed E-state index contributed by atoms with van der Waals surface area (Å²) < 4.78 is 5.43. The van der Waals surface area contributed by atoms with Crippen molar-refractivity contribution in [2.75, 3.05) is 43.5 Å². The number of nitriles is 1. The van der Waals surface area contributed by atoms with Gasteiger partial charge in [-0.3, -0.25) is 9.59 Å². The van der Waals surface area contributed by atoms with Crippen LogP contribution in [-0.4, -0.2) is 49.9 Å². The Balaban J connectivity index is 1.62. The highest BCUT2D eigenvalue weighted by Crippen LogP contribution is 2.28. The molecule has 0 atom stereocenters. The Morgan fingerprint density at radius 2 is 1.73 bits per heavy atom. The van der Waals surface area contributed by atoms with Crippen LogP contribution in [0.1, 0.15) is 17.3 Å². The third-order valence-electron chi connectivity index (χ3n) is 4.97. The lowest BCUT2D eigenvalue weighted by molar-refractivity contribution is -0.112. The zero-order chi connectivity index (χ0) is 21.5. The van der Waals surface area contributed by atoms with Crippen molar-refractivity contribution in [3.8, 4) is 11.8 Å². The monoisotopic (exact) mass is 404 g/mol. The molecule has 1 heterocycles. The van der Waals surface area contributed by atoms with Gasteiger partial charge in [-0.1, -0.05) is 12.1 Å². The zero-order valence-corrected chi connectivity index (χ0v) is 17.1. The number of methoxy groups -OCH3 is 1. The van der Waals surface area contributed by atoms with Crippen molar-refractivity contribution < 1.29 is 14.3 Å². The lowest BCUT2D eigenvalue weighted by Gasteiger charge is -2.36. The molecule has 1 N–H and O–H groups in total. The van der Waals surface area contributed by atoms with Crippen LogP contribution in [0.4, 0.5) is 11.4 Å². The second-order valence-corrected chi connectivity index (χ2v) is 6.94. The largest absolute Gasteiger partial charge is 0.495 e. The van der Waals surface area contributed by atoms with E-state index in [0.29, 0.717) is 24.3 Å². The first-order valence-corrected chi connectivity index (χ1v) is 9.68. The average molecular weight is 404 g/mol. The van der Waals surface area contributed by atoms with Gasteiger partial charge in [0.15, 0.2) is 5.78 Å². The quantitative estimate of drug-likeness (QED) is 0.452. The molecule has 0 aromatic heterocycles. The van der Waals surface area contributed by atoms with Crippen molar-refractivity contribution >= 4 is 23.1 Å². The molecular weight excluding hydrogens is 380 g/mol. The summed E-state index contributed by atoms with van der Waals surface area (Å²) in [6, 6.07) is 16.4. The van der Waals surface area contributed by atoms with E-state index in [-0.39, 0.29) is 11.4 Å². The lowest BCUT2D eigenvalue weighted by Crippen LogP contribution is -2.44. The van der Waals surface area contributed by atoms with Crippen LogP contribution in [-0.2, 0) is 4.79 Å².